The molecule has 0 aliphatic heterocycles. The zero-order chi connectivity index (χ0) is 17.3. The maximum absolute atomic E-state index is 11.8. The molecule has 8 nitrogen and oxygen atoms in total. The molecule has 0 unspecified atom stereocenters. The summed E-state index contributed by atoms with van der Waals surface area (Å²) in [5.41, 5.74) is 1.96. The molecule has 1 amide bonds. The smallest absolute Gasteiger partial charge is 0.259 e. The first kappa shape index (κ1) is 15.9. The minimum absolute atomic E-state index is 0.178. The third-order valence-electron chi connectivity index (χ3n) is 3.65. The molecule has 0 saturated heterocycles. The summed E-state index contributed by atoms with van der Waals surface area (Å²) in [6.07, 6.45) is 3.17. The molecule has 0 bridgehead atoms. The van der Waals surface area contributed by atoms with Crippen molar-refractivity contribution < 1.29 is 9.32 Å². The average Bonchev–Trinajstić information content (AvgIpc) is 3.21. The fourth-order valence-corrected chi connectivity index (χ4v) is 2.22. The third-order valence-corrected chi connectivity index (χ3v) is 3.65. The Bertz CT molecular complexity index is 863. The van der Waals surface area contributed by atoms with Crippen LogP contribution in [0.4, 0.5) is 0 Å². The number of hydrogen-bond donors (Lipinski definition) is 1. The molecule has 0 aliphatic carbocycles. The molecule has 24 heavy (non-hydrogen) atoms. The molecule has 0 fully saturated rings. The van der Waals surface area contributed by atoms with E-state index in [1.807, 2.05) is 26.8 Å². The fraction of sp³-hybridized carbons (Fsp3) is 0.312. The minimum atomic E-state index is -0.178. The largest absolute Gasteiger partial charge is 0.355 e. The van der Waals surface area contributed by atoms with E-state index in [1.54, 1.807) is 24.0 Å². The van der Waals surface area contributed by atoms with Crippen molar-refractivity contribution >= 4 is 5.91 Å². The summed E-state index contributed by atoms with van der Waals surface area (Å²) in [7, 11) is 1.59. The van der Waals surface area contributed by atoms with Crippen molar-refractivity contribution in [1.82, 2.24) is 30.2 Å². The van der Waals surface area contributed by atoms with Crippen LogP contribution in [-0.4, -0.2) is 37.9 Å². The van der Waals surface area contributed by atoms with Crippen LogP contribution in [-0.2, 0) is 0 Å². The third kappa shape index (κ3) is 2.78. The summed E-state index contributed by atoms with van der Waals surface area (Å²) in [6, 6.07) is 3.63. The zero-order valence-corrected chi connectivity index (χ0v) is 13.9. The van der Waals surface area contributed by atoms with E-state index in [1.165, 1.54) is 6.20 Å². The highest BCUT2D eigenvalue weighted by atomic mass is 16.5. The molecular weight excluding hydrogens is 308 g/mol. The highest BCUT2D eigenvalue weighted by molar-refractivity contribution is 5.94. The van der Waals surface area contributed by atoms with E-state index in [2.05, 4.69) is 25.5 Å². The molecule has 0 atom stereocenters. The SMILES string of the molecule is CNC(=O)c1cnn(-c2ccc(-c3nc(C(C)C)no3)cn2)c1C. The van der Waals surface area contributed by atoms with Crippen LogP contribution in [0.3, 0.4) is 0 Å². The number of pyridine rings is 1. The number of nitrogens with zero attached hydrogens (tertiary/aromatic N) is 5. The highest BCUT2D eigenvalue weighted by Crippen LogP contribution is 2.20. The second-order valence-corrected chi connectivity index (χ2v) is 5.65. The van der Waals surface area contributed by atoms with Gasteiger partial charge in [0.15, 0.2) is 11.6 Å². The predicted octanol–water partition coefficient (Wildman–Crippen LogP) is 2.11. The standard InChI is InChI=1S/C16H18N6O2/c1-9(2)14-20-16(24-21-14)11-5-6-13(18-7-11)22-10(3)12(8-19-22)15(23)17-4/h5-9H,1-4H3,(H,17,23). The molecular formula is C16H18N6O2. The van der Waals surface area contributed by atoms with Gasteiger partial charge in [-0.1, -0.05) is 19.0 Å². The monoisotopic (exact) mass is 326 g/mol. The van der Waals surface area contributed by atoms with Gasteiger partial charge < -0.3 is 9.84 Å². The molecule has 1 N–H and O–H groups in total. The topological polar surface area (TPSA) is 98.7 Å². The molecule has 0 spiro atoms. The number of amides is 1. The molecule has 124 valence electrons. The van der Waals surface area contributed by atoms with E-state index in [-0.39, 0.29) is 11.8 Å². The van der Waals surface area contributed by atoms with Crippen molar-refractivity contribution in [3.05, 3.63) is 41.6 Å². The molecule has 0 saturated carbocycles. The van der Waals surface area contributed by atoms with Gasteiger partial charge in [0.05, 0.1) is 23.0 Å². The summed E-state index contributed by atoms with van der Waals surface area (Å²) in [5, 5.41) is 10.8. The molecule has 3 rings (SSSR count). The molecule has 8 heteroatoms. The Kier molecular flexibility index (Phi) is 4.11. The van der Waals surface area contributed by atoms with E-state index in [4.69, 9.17) is 4.52 Å². The Morgan fingerprint density at radius 3 is 2.67 bits per heavy atom. The van der Waals surface area contributed by atoms with Crippen LogP contribution < -0.4 is 5.32 Å². The van der Waals surface area contributed by atoms with Crippen LogP contribution in [0.5, 0.6) is 0 Å². The lowest BCUT2D eigenvalue weighted by atomic mass is 10.2. The Hall–Kier alpha value is -3.03. The van der Waals surface area contributed by atoms with Gasteiger partial charge in [-0.25, -0.2) is 9.67 Å². The van der Waals surface area contributed by atoms with Gasteiger partial charge in [-0.05, 0) is 19.1 Å². The van der Waals surface area contributed by atoms with Gasteiger partial charge in [0.2, 0.25) is 0 Å². The summed E-state index contributed by atoms with van der Waals surface area (Å²) in [4.78, 5) is 20.5. The van der Waals surface area contributed by atoms with Gasteiger partial charge in [0.1, 0.15) is 0 Å². The van der Waals surface area contributed by atoms with E-state index >= 15 is 0 Å². The fourth-order valence-electron chi connectivity index (χ4n) is 2.22. The summed E-state index contributed by atoms with van der Waals surface area (Å²) < 4.78 is 6.87. The van der Waals surface area contributed by atoms with Crippen LogP contribution in [0, 0.1) is 6.92 Å². The van der Waals surface area contributed by atoms with Crippen molar-refractivity contribution in [3.8, 4) is 17.3 Å². The summed E-state index contributed by atoms with van der Waals surface area (Å²) in [6.45, 7) is 5.82. The van der Waals surface area contributed by atoms with Crippen LogP contribution in [0.25, 0.3) is 17.3 Å². The number of carbonyl (C=O) groups excluding carboxylic acids is 1. The normalized spacial score (nSPS) is 11.0. The zero-order valence-electron chi connectivity index (χ0n) is 13.9. The van der Waals surface area contributed by atoms with Crippen LogP contribution in [0.1, 0.15) is 41.6 Å². The van der Waals surface area contributed by atoms with Crippen LogP contribution >= 0.6 is 0 Å². The second-order valence-electron chi connectivity index (χ2n) is 5.65. The maximum Gasteiger partial charge on any atom is 0.259 e. The Balaban J connectivity index is 1.89. The Labute approximate surface area is 138 Å². The molecule has 3 aromatic heterocycles. The van der Waals surface area contributed by atoms with E-state index in [0.29, 0.717) is 23.1 Å². The first-order chi connectivity index (χ1) is 11.5. The van der Waals surface area contributed by atoms with Crippen molar-refractivity contribution in [1.29, 1.82) is 0 Å². The first-order valence-electron chi connectivity index (χ1n) is 7.58. The maximum atomic E-state index is 11.8. The van der Waals surface area contributed by atoms with Crippen molar-refractivity contribution in [2.75, 3.05) is 7.05 Å². The summed E-state index contributed by atoms with van der Waals surface area (Å²) in [5.74, 6) is 1.72. The van der Waals surface area contributed by atoms with E-state index in [0.717, 1.165) is 11.3 Å². The first-order valence-corrected chi connectivity index (χ1v) is 7.58. The lowest BCUT2D eigenvalue weighted by Gasteiger charge is -2.04. The van der Waals surface area contributed by atoms with Crippen LogP contribution in [0.15, 0.2) is 29.0 Å². The van der Waals surface area contributed by atoms with Gasteiger partial charge in [-0.2, -0.15) is 10.1 Å². The average molecular weight is 326 g/mol. The molecule has 3 heterocycles. The van der Waals surface area contributed by atoms with Gasteiger partial charge in [0, 0.05) is 19.2 Å². The summed E-state index contributed by atoms with van der Waals surface area (Å²) >= 11 is 0. The Morgan fingerprint density at radius 2 is 2.08 bits per heavy atom. The molecule has 0 aromatic carbocycles. The Morgan fingerprint density at radius 1 is 1.29 bits per heavy atom. The number of rotatable bonds is 4. The van der Waals surface area contributed by atoms with Crippen molar-refractivity contribution in [2.45, 2.75) is 26.7 Å². The number of carbonyl (C=O) groups is 1. The second kappa shape index (κ2) is 6.23. The number of hydrogen-bond acceptors (Lipinski definition) is 6. The van der Waals surface area contributed by atoms with Gasteiger partial charge in [-0.15, -0.1) is 0 Å². The van der Waals surface area contributed by atoms with Crippen LogP contribution in [0.2, 0.25) is 0 Å². The number of aromatic nitrogens is 5. The molecule has 0 radical (unpaired) electrons. The quantitative estimate of drug-likeness (QED) is 0.788. The number of nitrogens with one attached hydrogen (secondary N) is 1. The van der Waals surface area contributed by atoms with Gasteiger partial charge in [-0.3, -0.25) is 4.79 Å². The lowest BCUT2D eigenvalue weighted by molar-refractivity contribution is 0.0962. The van der Waals surface area contributed by atoms with Gasteiger partial charge in [0.25, 0.3) is 11.8 Å². The van der Waals surface area contributed by atoms with E-state index < -0.39 is 0 Å². The molecule has 3 aromatic rings. The van der Waals surface area contributed by atoms with Gasteiger partial charge >= 0.3 is 0 Å². The minimum Gasteiger partial charge on any atom is -0.355 e. The lowest BCUT2D eigenvalue weighted by Crippen LogP contribution is -2.18. The van der Waals surface area contributed by atoms with Crippen molar-refractivity contribution in [2.24, 2.45) is 0 Å². The van der Waals surface area contributed by atoms with E-state index in [9.17, 15) is 4.79 Å². The predicted molar refractivity (Wildman–Crippen MR) is 86.9 cm³/mol. The molecule has 0 aliphatic rings. The van der Waals surface area contributed by atoms with Crippen molar-refractivity contribution in [3.63, 3.8) is 0 Å². The highest BCUT2D eigenvalue weighted by Gasteiger charge is 2.15.